The average Bonchev–Trinajstić information content (AvgIpc) is 2.79. The number of aromatic nitrogens is 1. The molecule has 0 aliphatic carbocycles. The lowest BCUT2D eigenvalue weighted by Crippen LogP contribution is -2.57. The second-order valence-electron chi connectivity index (χ2n) is 9.05. The van der Waals surface area contributed by atoms with Gasteiger partial charge in [0.25, 0.3) is 0 Å². The molecule has 186 valence electrons. The highest BCUT2D eigenvalue weighted by Gasteiger charge is 2.34. The second kappa shape index (κ2) is 9.36. The van der Waals surface area contributed by atoms with E-state index in [1.165, 1.54) is 24.8 Å². The summed E-state index contributed by atoms with van der Waals surface area (Å²) in [4.78, 5) is 19.3. The number of hydrogen-bond donors (Lipinski definition) is 1. The number of hydrogen-bond acceptors (Lipinski definition) is 4. The Kier molecular flexibility index (Phi) is 6.62. The van der Waals surface area contributed by atoms with Crippen molar-refractivity contribution in [2.24, 2.45) is 0 Å². The number of pyridine rings is 1. The quantitative estimate of drug-likeness (QED) is 0.357. The minimum atomic E-state index is -4.43. The van der Waals surface area contributed by atoms with E-state index in [9.17, 15) is 18.0 Å². The van der Waals surface area contributed by atoms with Gasteiger partial charge in [0.2, 0.25) is 5.91 Å². The highest BCUT2D eigenvalue weighted by molar-refractivity contribution is 5.93. The molecule has 0 saturated carbocycles. The molecule has 9 heteroatoms. The number of halogens is 4. The maximum absolute atomic E-state index is 15.0. The van der Waals surface area contributed by atoms with Crippen LogP contribution in [-0.2, 0) is 11.0 Å². The smallest absolute Gasteiger partial charge is 0.378 e. The normalized spacial score (nSPS) is 19.7. The summed E-state index contributed by atoms with van der Waals surface area (Å²) < 4.78 is 55.2. The van der Waals surface area contributed by atoms with Gasteiger partial charge in [-0.2, -0.15) is 13.2 Å². The third kappa shape index (κ3) is 4.90. The highest BCUT2D eigenvalue weighted by atomic mass is 19.4. The number of nitrogens with one attached hydrogen (secondary N) is 1. The number of rotatable bonds is 4. The molecular weight excluding hydrogens is 460 g/mol. The van der Waals surface area contributed by atoms with E-state index >= 15 is 4.39 Å². The SMILES string of the molecule is CC(=O)N1C[C@@H](F)N(c2ccc3nccc(N[C@H](C)c4cccc(C(F)(F)F)c4C)c3c2)C[C@@H]1C. The topological polar surface area (TPSA) is 48.5 Å². The van der Waals surface area contributed by atoms with E-state index in [2.05, 4.69) is 10.3 Å². The maximum Gasteiger partial charge on any atom is 0.416 e. The van der Waals surface area contributed by atoms with Crippen molar-refractivity contribution in [3.05, 3.63) is 65.4 Å². The minimum absolute atomic E-state index is 0.0153. The number of piperazine rings is 1. The third-order valence-corrected chi connectivity index (χ3v) is 6.66. The van der Waals surface area contributed by atoms with Gasteiger partial charge < -0.3 is 15.1 Å². The van der Waals surface area contributed by atoms with E-state index in [-0.39, 0.29) is 24.1 Å². The molecule has 0 bridgehead atoms. The molecule has 1 amide bonds. The van der Waals surface area contributed by atoms with Gasteiger partial charge in [-0.05, 0) is 62.2 Å². The van der Waals surface area contributed by atoms with E-state index < -0.39 is 24.1 Å². The molecule has 2 aromatic carbocycles. The van der Waals surface area contributed by atoms with Crippen molar-refractivity contribution in [2.75, 3.05) is 23.3 Å². The molecule has 35 heavy (non-hydrogen) atoms. The molecule has 4 rings (SSSR count). The van der Waals surface area contributed by atoms with Crippen LogP contribution >= 0.6 is 0 Å². The summed E-state index contributed by atoms with van der Waals surface area (Å²) in [5.74, 6) is -0.159. The van der Waals surface area contributed by atoms with Gasteiger partial charge >= 0.3 is 6.18 Å². The van der Waals surface area contributed by atoms with Crippen molar-refractivity contribution < 1.29 is 22.4 Å². The molecule has 3 atom stereocenters. The van der Waals surface area contributed by atoms with Crippen LogP contribution in [0.25, 0.3) is 10.9 Å². The monoisotopic (exact) mass is 488 g/mol. The Labute approximate surface area is 201 Å². The molecule has 1 saturated heterocycles. The summed E-state index contributed by atoms with van der Waals surface area (Å²) in [6.45, 7) is 6.93. The number of fused-ring (bicyclic) bond motifs is 1. The van der Waals surface area contributed by atoms with Gasteiger partial charge in [0.15, 0.2) is 6.30 Å². The lowest BCUT2D eigenvalue weighted by atomic mass is 9.97. The fraction of sp³-hybridized carbons (Fsp3) is 0.385. The Morgan fingerprint density at radius 1 is 1.17 bits per heavy atom. The number of anilines is 2. The standard InChI is InChI=1S/C26H28F4N4O/c1-15-13-34(25(27)14-33(15)18(4)35)19-8-9-23-21(12-19)24(10-11-31-23)32-17(3)20-6-5-7-22(16(20)2)26(28,29)30/h5-12,15,17,25H,13-14H2,1-4H3,(H,31,32)/t15-,17+,25-/m0/s1. The number of benzene rings is 2. The summed E-state index contributed by atoms with van der Waals surface area (Å²) in [7, 11) is 0. The van der Waals surface area contributed by atoms with Crippen LogP contribution < -0.4 is 10.2 Å². The fourth-order valence-corrected chi connectivity index (χ4v) is 4.82. The summed E-state index contributed by atoms with van der Waals surface area (Å²) in [6.07, 6.45) is -4.15. The molecule has 0 unspecified atom stereocenters. The summed E-state index contributed by atoms with van der Waals surface area (Å²) in [5.41, 5.74) is 2.08. The number of alkyl halides is 4. The Hall–Kier alpha value is -3.36. The number of amides is 1. The van der Waals surface area contributed by atoms with E-state index in [0.717, 1.165) is 11.5 Å². The average molecular weight is 489 g/mol. The van der Waals surface area contributed by atoms with Crippen LogP contribution in [0.2, 0.25) is 0 Å². The molecule has 0 spiro atoms. The van der Waals surface area contributed by atoms with Gasteiger partial charge in [0, 0.05) is 48.5 Å². The highest BCUT2D eigenvalue weighted by Crippen LogP contribution is 2.36. The van der Waals surface area contributed by atoms with Crippen LogP contribution in [0, 0.1) is 6.92 Å². The zero-order chi connectivity index (χ0) is 25.5. The minimum Gasteiger partial charge on any atom is -0.378 e. The van der Waals surface area contributed by atoms with Crippen molar-refractivity contribution in [3.63, 3.8) is 0 Å². The van der Waals surface area contributed by atoms with Crippen LogP contribution in [0.3, 0.4) is 0 Å². The van der Waals surface area contributed by atoms with Gasteiger partial charge in [-0.15, -0.1) is 0 Å². The Morgan fingerprint density at radius 2 is 1.91 bits per heavy atom. The van der Waals surface area contributed by atoms with Gasteiger partial charge in [-0.3, -0.25) is 9.78 Å². The van der Waals surface area contributed by atoms with E-state index in [4.69, 9.17) is 0 Å². The summed E-state index contributed by atoms with van der Waals surface area (Å²) >= 11 is 0. The predicted octanol–water partition coefficient (Wildman–Crippen LogP) is 6.09. The molecule has 3 aromatic rings. The maximum atomic E-state index is 15.0. The Balaban J connectivity index is 1.65. The van der Waals surface area contributed by atoms with Crippen LogP contribution in [0.1, 0.15) is 43.5 Å². The number of carbonyl (C=O) groups excluding carboxylic acids is 1. The number of carbonyl (C=O) groups is 1. The van der Waals surface area contributed by atoms with Crippen molar-refractivity contribution in [2.45, 2.75) is 52.3 Å². The van der Waals surface area contributed by atoms with Crippen molar-refractivity contribution in [3.8, 4) is 0 Å². The van der Waals surface area contributed by atoms with Crippen LogP contribution in [-0.4, -0.2) is 41.2 Å². The molecule has 1 N–H and O–H groups in total. The molecule has 0 radical (unpaired) electrons. The molecule has 5 nitrogen and oxygen atoms in total. The Morgan fingerprint density at radius 3 is 2.60 bits per heavy atom. The fourth-order valence-electron chi connectivity index (χ4n) is 4.82. The van der Waals surface area contributed by atoms with Crippen LogP contribution in [0.5, 0.6) is 0 Å². The third-order valence-electron chi connectivity index (χ3n) is 6.66. The van der Waals surface area contributed by atoms with E-state index in [1.807, 2.05) is 13.0 Å². The first-order valence-electron chi connectivity index (χ1n) is 11.5. The molecule has 1 aliphatic rings. The lowest BCUT2D eigenvalue weighted by molar-refractivity contribution is -0.138. The predicted molar refractivity (Wildman–Crippen MR) is 129 cm³/mol. The second-order valence-corrected chi connectivity index (χ2v) is 9.05. The van der Waals surface area contributed by atoms with Gasteiger partial charge in [-0.1, -0.05) is 12.1 Å². The van der Waals surface area contributed by atoms with E-state index in [1.54, 1.807) is 42.3 Å². The zero-order valence-electron chi connectivity index (χ0n) is 20.0. The zero-order valence-corrected chi connectivity index (χ0v) is 20.0. The van der Waals surface area contributed by atoms with Crippen molar-refractivity contribution in [1.29, 1.82) is 0 Å². The summed E-state index contributed by atoms with van der Waals surface area (Å²) in [5, 5.41) is 4.05. The largest absolute Gasteiger partial charge is 0.416 e. The first kappa shape index (κ1) is 24.8. The first-order chi connectivity index (χ1) is 16.5. The molecule has 2 heterocycles. The van der Waals surface area contributed by atoms with Crippen molar-refractivity contribution in [1.82, 2.24) is 9.88 Å². The van der Waals surface area contributed by atoms with Gasteiger partial charge in [-0.25, -0.2) is 4.39 Å². The van der Waals surface area contributed by atoms with Gasteiger partial charge in [0.1, 0.15) is 0 Å². The molecular formula is C26H28F4N4O. The molecule has 1 fully saturated rings. The summed E-state index contributed by atoms with van der Waals surface area (Å²) in [6, 6.07) is 10.8. The number of nitrogens with zero attached hydrogens (tertiary/aromatic N) is 3. The lowest BCUT2D eigenvalue weighted by Gasteiger charge is -2.42. The van der Waals surface area contributed by atoms with Crippen LogP contribution in [0.15, 0.2) is 48.7 Å². The first-order valence-corrected chi connectivity index (χ1v) is 11.5. The van der Waals surface area contributed by atoms with Gasteiger partial charge in [0.05, 0.1) is 17.6 Å². The van der Waals surface area contributed by atoms with Crippen LogP contribution in [0.4, 0.5) is 28.9 Å². The Bertz CT molecular complexity index is 1250. The molecule has 1 aliphatic heterocycles. The van der Waals surface area contributed by atoms with E-state index in [0.29, 0.717) is 29.0 Å². The molecule has 1 aromatic heterocycles. The van der Waals surface area contributed by atoms with Crippen molar-refractivity contribution >= 4 is 28.2 Å².